The molecule has 4 nitrogen and oxygen atoms in total. The number of fused-ring (bicyclic) bond motifs is 1. The maximum atomic E-state index is 5.46. The number of benzene rings is 1. The Hall–Kier alpha value is -1.42. The lowest BCUT2D eigenvalue weighted by Gasteiger charge is -2.23. The Morgan fingerprint density at radius 3 is 2.84 bits per heavy atom. The van der Waals surface area contributed by atoms with Crippen molar-refractivity contribution in [2.75, 3.05) is 38.4 Å². The van der Waals surface area contributed by atoms with Gasteiger partial charge in [-0.25, -0.2) is 0 Å². The second kappa shape index (κ2) is 5.29. The molecule has 1 aromatic rings. The number of rotatable bonds is 4. The molecule has 0 spiro atoms. The van der Waals surface area contributed by atoms with Gasteiger partial charge in [-0.2, -0.15) is 0 Å². The first-order valence-electron chi connectivity index (χ1n) is 7.06. The molecule has 0 aromatic heterocycles. The van der Waals surface area contributed by atoms with E-state index in [4.69, 9.17) is 9.47 Å². The summed E-state index contributed by atoms with van der Waals surface area (Å²) in [5, 5.41) is 3.43. The summed E-state index contributed by atoms with van der Waals surface area (Å²) < 4.78 is 10.9. The maximum Gasteiger partial charge on any atom is 0.231 e. The molecule has 104 valence electrons. The van der Waals surface area contributed by atoms with Gasteiger partial charge in [0.25, 0.3) is 0 Å². The molecule has 0 amide bonds. The fraction of sp³-hybridized carbons (Fsp3) is 0.600. The SMILES string of the molecule is Cc1cc2c(cc1N(C)CCC1CCNC1)OCO2. The van der Waals surface area contributed by atoms with Crippen LogP contribution in [0.25, 0.3) is 0 Å². The zero-order valence-corrected chi connectivity index (χ0v) is 11.7. The van der Waals surface area contributed by atoms with E-state index < -0.39 is 0 Å². The Bertz CT molecular complexity index is 456. The fourth-order valence-electron chi connectivity index (χ4n) is 2.90. The number of hydrogen-bond acceptors (Lipinski definition) is 4. The number of hydrogen-bond donors (Lipinski definition) is 1. The van der Waals surface area contributed by atoms with Crippen LogP contribution in [-0.2, 0) is 0 Å². The maximum absolute atomic E-state index is 5.46. The number of ether oxygens (including phenoxy) is 2. The van der Waals surface area contributed by atoms with Crippen molar-refractivity contribution in [2.45, 2.75) is 19.8 Å². The Balaban J connectivity index is 1.67. The highest BCUT2D eigenvalue weighted by Crippen LogP contribution is 2.37. The molecule has 1 atom stereocenters. The van der Waals surface area contributed by atoms with Gasteiger partial charge in [0.1, 0.15) is 0 Å². The molecule has 4 heteroatoms. The molecule has 0 aliphatic carbocycles. The summed E-state index contributed by atoms with van der Waals surface area (Å²) in [6, 6.07) is 4.18. The van der Waals surface area contributed by atoms with Gasteiger partial charge in [-0.15, -0.1) is 0 Å². The van der Waals surface area contributed by atoms with E-state index in [1.807, 2.05) is 0 Å². The average Bonchev–Trinajstić information content (AvgIpc) is 3.05. The van der Waals surface area contributed by atoms with Gasteiger partial charge in [-0.1, -0.05) is 0 Å². The van der Waals surface area contributed by atoms with E-state index in [-0.39, 0.29) is 0 Å². The molecule has 2 aliphatic rings. The highest BCUT2D eigenvalue weighted by atomic mass is 16.7. The van der Waals surface area contributed by atoms with Crippen LogP contribution in [0.4, 0.5) is 5.69 Å². The number of anilines is 1. The van der Waals surface area contributed by atoms with Crippen molar-refractivity contribution in [3.05, 3.63) is 17.7 Å². The summed E-state index contributed by atoms with van der Waals surface area (Å²) in [7, 11) is 2.16. The van der Waals surface area contributed by atoms with Gasteiger partial charge in [0.2, 0.25) is 6.79 Å². The van der Waals surface area contributed by atoms with Crippen LogP contribution in [-0.4, -0.2) is 33.5 Å². The Labute approximate surface area is 114 Å². The predicted octanol–water partition coefficient (Wildman–Crippen LogP) is 2.16. The van der Waals surface area contributed by atoms with E-state index in [2.05, 4.69) is 36.3 Å². The van der Waals surface area contributed by atoms with E-state index in [1.165, 1.54) is 37.2 Å². The lowest BCUT2D eigenvalue weighted by atomic mass is 10.0. The van der Waals surface area contributed by atoms with Gasteiger partial charge in [0.05, 0.1) is 0 Å². The third-order valence-corrected chi connectivity index (χ3v) is 4.14. The van der Waals surface area contributed by atoms with Crippen LogP contribution in [0.5, 0.6) is 11.5 Å². The molecule has 3 rings (SSSR count). The lowest BCUT2D eigenvalue weighted by molar-refractivity contribution is 0.174. The van der Waals surface area contributed by atoms with Gasteiger partial charge in [0, 0.05) is 25.3 Å². The second-order valence-electron chi connectivity index (χ2n) is 5.56. The third-order valence-electron chi connectivity index (χ3n) is 4.14. The Morgan fingerprint density at radius 1 is 1.32 bits per heavy atom. The first kappa shape index (κ1) is 12.6. The van der Waals surface area contributed by atoms with Gasteiger partial charge >= 0.3 is 0 Å². The van der Waals surface area contributed by atoms with Crippen molar-refractivity contribution in [1.82, 2.24) is 5.32 Å². The minimum atomic E-state index is 0.343. The minimum absolute atomic E-state index is 0.343. The highest BCUT2D eigenvalue weighted by molar-refractivity contribution is 5.61. The van der Waals surface area contributed by atoms with Crippen molar-refractivity contribution in [3.8, 4) is 11.5 Å². The average molecular weight is 262 g/mol. The van der Waals surface area contributed by atoms with Crippen LogP contribution in [0.2, 0.25) is 0 Å². The van der Waals surface area contributed by atoms with E-state index in [0.717, 1.165) is 24.0 Å². The summed E-state index contributed by atoms with van der Waals surface area (Å²) >= 11 is 0. The van der Waals surface area contributed by atoms with Crippen molar-refractivity contribution in [1.29, 1.82) is 0 Å². The van der Waals surface area contributed by atoms with E-state index in [9.17, 15) is 0 Å². The second-order valence-corrected chi connectivity index (χ2v) is 5.56. The summed E-state index contributed by atoms with van der Waals surface area (Å²) in [6.45, 7) is 5.92. The zero-order chi connectivity index (χ0) is 13.2. The van der Waals surface area contributed by atoms with Crippen LogP contribution < -0.4 is 19.7 Å². The van der Waals surface area contributed by atoms with Crippen LogP contribution >= 0.6 is 0 Å². The Kier molecular flexibility index (Phi) is 3.51. The van der Waals surface area contributed by atoms with E-state index >= 15 is 0 Å². The van der Waals surface area contributed by atoms with Gasteiger partial charge in [-0.3, -0.25) is 0 Å². The van der Waals surface area contributed by atoms with Crippen molar-refractivity contribution in [3.63, 3.8) is 0 Å². The molecule has 1 N–H and O–H groups in total. The zero-order valence-electron chi connectivity index (χ0n) is 11.7. The fourth-order valence-corrected chi connectivity index (χ4v) is 2.90. The molecule has 0 bridgehead atoms. The summed E-state index contributed by atoms with van der Waals surface area (Å²) in [5.74, 6) is 2.57. The monoisotopic (exact) mass is 262 g/mol. The predicted molar refractivity (Wildman–Crippen MR) is 76.2 cm³/mol. The highest BCUT2D eigenvalue weighted by Gasteiger charge is 2.19. The molecular formula is C15H22N2O2. The standard InChI is InChI=1S/C15H22N2O2/c1-11-7-14-15(19-10-18-14)8-13(11)17(2)6-4-12-3-5-16-9-12/h7-8,12,16H,3-6,9-10H2,1-2H3. The van der Waals surface area contributed by atoms with Gasteiger partial charge in [0.15, 0.2) is 11.5 Å². The normalized spacial score (nSPS) is 20.8. The van der Waals surface area contributed by atoms with Crippen molar-refractivity contribution >= 4 is 5.69 Å². The molecule has 19 heavy (non-hydrogen) atoms. The van der Waals surface area contributed by atoms with Crippen LogP contribution in [0.1, 0.15) is 18.4 Å². The van der Waals surface area contributed by atoms with E-state index in [1.54, 1.807) is 0 Å². The molecule has 2 heterocycles. The number of nitrogens with one attached hydrogen (secondary N) is 1. The quantitative estimate of drug-likeness (QED) is 0.901. The summed E-state index contributed by atoms with van der Waals surface area (Å²) in [4.78, 5) is 2.33. The van der Waals surface area contributed by atoms with Crippen molar-refractivity contribution in [2.24, 2.45) is 5.92 Å². The number of aryl methyl sites for hydroxylation is 1. The number of nitrogens with zero attached hydrogens (tertiary/aromatic N) is 1. The molecule has 2 aliphatic heterocycles. The smallest absolute Gasteiger partial charge is 0.231 e. The molecular weight excluding hydrogens is 240 g/mol. The van der Waals surface area contributed by atoms with Crippen LogP contribution in [0, 0.1) is 12.8 Å². The van der Waals surface area contributed by atoms with Gasteiger partial charge < -0.3 is 19.7 Å². The first-order chi connectivity index (χ1) is 9.24. The molecule has 0 saturated carbocycles. The molecule has 0 radical (unpaired) electrons. The largest absolute Gasteiger partial charge is 0.454 e. The minimum Gasteiger partial charge on any atom is -0.454 e. The Morgan fingerprint density at radius 2 is 2.11 bits per heavy atom. The molecule has 1 unspecified atom stereocenters. The van der Waals surface area contributed by atoms with Crippen LogP contribution in [0.3, 0.4) is 0 Å². The first-order valence-corrected chi connectivity index (χ1v) is 7.06. The molecule has 1 saturated heterocycles. The molecule has 1 fully saturated rings. The summed E-state index contributed by atoms with van der Waals surface area (Å²) in [5.41, 5.74) is 2.49. The van der Waals surface area contributed by atoms with E-state index in [0.29, 0.717) is 6.79 Å². The molecule has 1 aromatic carbocycles. The summed E-state index contributed by atoms with van der Waals surface area (Å²) in [6.07, 6.45) is 2.56. The lowest BCUT2D eigenvalue weighted by Crippen LogP contribution is -2.22. The van der Waals surface area contributed by atoms with Gasteiger partial charge in [-0.05, 0) is 50.4 Å². The topological polar surface area (TPSA) is 33.7 Å². The van der Waals surface area contributed by atoms with Crippen molar-refractivity contribution < 1.29 is 9.47 Å². The van der Waals surface area contributed by atoms with Crippen LogP contribution in [0.15, 0.2) is 12.1 Å². The third kappa shape index (κ3) is 2.63.